The van der Waals surface area contributed by atoms with Crippen LogP contribution in [0.1, 0.15) is 32.6 Å². The molecule has 1 unspecified atom stereocenters. The van der Waals surface area contributed by atoms with E-state index in [2.05, 4.69) is 26.6 Å². The molecule has 1 aliphatic rings. The van der Waals surface area contributed by atoms with Crippen molar-refractivity contribution < 1.29 is 4.79 Å². The predicted molar refractivity (Wildman–Crippen MR) is 82.6 cm³/mol. The van der Waals surface area contributed by atoms with E-state index in [0.29, 0.717) is 11.1 Å². The molecule has 0 radical (unpaired) electrons. The standard InChI is InChI=1S/C14H18BrClN2O/c1-9(14(19)18-11-4-2-3-5-11)17-13-7-6-10(15)8-12(13)16/h6-9,11,17H,2-5H2,1H3,(H,18,19). The molecule has 0 spiro atoms. The predicted octanol–water partition coefficient (Wildman–Crippen LogP) is 3.96. The minimum absolute atomic E-state index is 0.0332. The van der Waals surface area contributed by atoms with Crippen molar-refractivity contribution in [1.82, 2.24) is 5.32 Å². The smallest absolute Gasteiger partial charge is 0.242 e. The number of amides is 1. The number of nitrogens with one attached hydrogen (secondary N) is 2. The molecule has 3 nitrogen and oxygen atoms in total. The maximum Gasteiger partial charge on any atom is 0.242 e. The lowest BCUT2D eigenvalue weighted by atomic mass is 10.2. The van der Waals surface area contributed by atoms with E-state index in [-0.39, 0.29) is 11.9 Å². The van der Waals surface area contributed by atoms with Gasteiger partial charge in [-0.3, -0.25) is 4.79 Å². The third kappa shape index (κ3) is 4.11. The molecule has 5 heteroatoms. The Labute approximate surface area is 127 Å². The third-order valence-corrected chi connectivity index (χ3v) is 4.20. The third-order valence-electron chi connectivity index (χ3n) is 3.40. The van der Waals surface area contributed by atoms with Crippen molar-refractivity contribution in [2.24, 2.45) is 0 Å². The first-order chi connectivity index (χ1) is 9.06. The molecule has 1 aromatic rings. The molecular formula is C14H18BrClN2O. The molecule has 1 amide bonds. The second kappa shape index (κ2) is 6.62. The first kappa shape index (κ1) is 14.7. The van der Waals surface area contributed by atoms with Crippen molar-refractivity contribution in [3.05, 3.63) is 27.7 Å². The monoisotopic (exact) mass is 344 g/mol. The summed E-state index contributed by atoms with van der Waals surface area (Å²) < 4.78 is 0.922. The first-order valence-electron chi connectivity index (χ1n) is 6.58. The molecule has 1 aromatic carbocycles. The Morgan fingerprint density at radius 1 is 1.42 bits per heavy atom. The van der Waals surface area contributed by atoms with E-state index in [0.717, 1.165) is 23.0 Å². The Bertz CT molecular complexity index is 461. The van der Waals surface area contributed by atoms with Gasteiger partial charge in [-0.2, -0.15) is 0 Å². The number of benzene rings is 1. The van der Waals surface area contributed by atoms with Crippen molar-refractivity contribution in [2.45, 2.75) is 44.7 Å². The summed E-state index contributed by atoms with van der Waals surface area (Å²) in [5.74, 6) is 0.0332. The summed E-state index contributed by atoms with van der Waals surface area (Å²) in [5.41, 5.74) is 0.777. The van der Waals surface area contributed by atoms with E-state index >= 15 is 0 Å². The van der Waals surface area contributed by atoms with Crippen molar-refractivity contribution in [1.29, 1.82) is 0 Å². The highest BCUT2D eigenvalue weighted by molar-refractivity contribution is 9.10. The first-order valence-corrected chi connectivity index (χ1v) is 7.75. The van der Waals surface area contributed by atoms with Gasteiger partial charge in [-0.05, 0) is 38.0 Å². The largest absolute Gasteiger partial charge is 0.373 e. The highest BCUT2D eigenvalue weighted by atomic mass is 79.9. The number of anilines is 1. The number of hydrogen-bond donors (Lipinski definition) is 2. The zero-order valence-electron chi connectivity index (χ0n) is 10.9. The average Bonchev–Trinajstić information content (AvgIpc) is 2.85. The highest BCUT2D eigenvalue weighted by Gasteiger charge is 2.20. The minimum atomic E-state index is -0.292. The Kier molecular flexibility index (Phi) is 5.11. The van der Waals surface area contributed by atoms with Crippen LogP contribution in [0.4, 0.5) is 5.69 Å². The summed E-state index contributed by atoms with van der Waals surface area (Å²) in [5, 5.41) is 6.83. The molecule has 0 bridgehead atoms. The molecule has 1 saturated carbocycles. The van der Waals surface area contributed by atoms with Crippen LogP contribution in [-0.2, 0) is 4.79 Å². The lowest BCUT2D eigenvalue weighted by Gasteiger charge is -2.19. The van der Waals surface area contributed by atoms with E-state index in [1.54, 1.807) is 0 Å². The summed E-state index contributed by atoms with van der Waals surface area (Å²) in [6.45, 7) is 1.85. The minimum Gasteiger partial charge on any atom is -0.373 e. The molecule has 0 aliphatic heterocycles. The fraction of sp³-hybridized carbons (Fsp3) is 0.500. The average molecular weight is 346 g/mol. The molecule has 19 heavy (non-hydrogen) atoms. The maximum atomic E-state index is 12.1. The molecule has 2 rings (SSSR count). The lowest BCUT2D eigenvalue weighted by molar-refractivity contribution is -0.122. The van der Waals surface area contributed by atoms with Gasteiger partial charge in [-0.15, -0.1) is 0 Å². The molecule has 0 heterocycles. The molecule has 0 aromatic heterocycles. The van der Waals surface area contributed by atoms with Crippen LogP contribution in [0.2, 0.25) is 5.02 Å². The van der Waals surface area contributed by atoms with Crippen molar-refractivity contribution in [3.8, 4) is 0 Å². The summed E-state index contributed by atoms with van der Waals surface area (Å²) >= 11 is 9.48. The van der Waals surface area contributed by atoms with E-state index in [4.69, 9.17) is 11.6 Å². The molecule has 2 N–H and O–H groups in total. The molecule has 104 valence electrons. The number of hydrogen-bond acceptors (Lipinski definition) is 2. The SMILES string of the molecule is CC(Nc1ccc(Br)cc1Cl)C(=O)NC1CCCC1. The van der Waals surface area contributed by atoms with Crippen molar-refractivity contribution in [2.75, 3.05) is 5.32 Å². The van der Waals surface area contributed by atoms with Gasteiger partial charge in [-0.1, -0.05) is 40.4 Å². The summed E-state index contributed by atoms with van der Waals surface area (Å²) in [6.07, 6.45) is 4.62. The summed E-state index contributed by atoms with van der Waals surface area (Å²) in [6, 6.07) is 5.63. The number of halogens is 2. The summed E-state index contributed by atoms with van der Waals surface area (Å²) in [4.78, 5) is 12.1. The molecular weight excluding hydrogens is 328 g/mol. The lowest BCUT2D eigenvalue weighted by Crippen LogP contribution is -2.42. The Balaban J connectivity index is 1.92. The van der Waals surface area contributed by atoms with Gasteiger partial charge in [0.15, 0.2) is 0 Å². The highest BCUT2D eigenvalue weighted by Crippen LogP contribution is 2.26. The fourth-order valence-electron chi connectivity index (χ4n) is 2.30. The van der Waals surface area contributed by atoms with E-state index in [1.165, 1.54) is 12.8 Å². The second-order valence-electron chi connectivity index (χ2n) is 4.98. The van der Waals surface area contributed by atoms with Crippen LogP contribution in [-0.4, -0.2) is 18.0 Å². The summed E-state index contributed by atoms with van der Waals surface area (Å²) in [7, 11) is 0. The van der Waals surface area contributed by atoms with Crippen LogP contribution in [0.5, 0.6) is 0 Å². The molecule has 0 saturated heterocycles. The van der Waals surface area contributed by atoms with E-state index in [9.17, 15) is 4.79 Å². The Morgan fingerprint density at radius 2 is 2.11 bits per heavy atom. The quantitative estimate of drug-likeness (QED) is 0.867. The molecule has 1 fully saturated rings. The van der Waals surface area contributed by atoms with Gasteiger partial charge in [0, 0.05) is 10.5 Å². The van der Waals surface area contributed by atoms with Crippen LogP contribution in [0, 0.1) is 0 Å². The van der Waals surface area contributed by atoms with Gasteiger partial charge >= 0.3 is 0 Å². The molecule has 1 aliphatic carbocycles. The maximum absolute atomic E-state index is 12.1. The number of rotatable bonds is 4. The zero-order valence-corrected chi connectivity index (χ0v) is 13.2. The normalized spacial score (nSPS) is 17.2. The molecule has 1 atom stereocenters. The second-order valence-corrected chi connectivity index (χ2v) is 6.30. The van der Waals surface area contributed by atoms with Gasteiger partial charge in [0.05, 0.1) is 10.7 Å². The Hall–Kier alpha value is -0.740. The number of carbonyl (C=O) groups excluding carboxylic acids is 1. The van der Waals surface area contributed by atoms with Gasteiger partial charge in [0.1, 0.15) is 6.04 Å². The van der Waals surface area contributed by atoms with Crippen LogP contribution < -0.4 is 10.6 Å². The topological polar surface area (TPSA) is 41.1 Å². The van der Waals surface area contributed by atoms with Gasteiger partial charge in [-0.25, -0.2) is 0 Å². The van der Waals surface area contributed by atoms with Crippen molar-refractivity contribution in [3.63, 3.8) is 0 Å². The van der Waals surface area contributed by atoms with E-state index < -0.39 is 0 Å². The van der Waals surface area contributed by atoms with Crippen LogP contribution >= 0.6 is 27.5 Å². The van der Waals surface area contributed by atoms with Crippen molar-refractivity contribution >= 4 is 39.1 Å². The van der Waals surface area contributed by atoms with Gasteiger partial charge in [0.2, 0.25) is 5.91 Å². The van der Waals surface area contributed by atoms with Crippen LogP contribution in [0.15, 0.2) is 22.7 Å². The number of carbonyl (C=O) groups is 1. The van der Waals surface area contributed by atoms with Crippen LogP contribution in [0.25, 0.3) is 0 Å². The van der Waals surface area contributed by atoms with Gasteiger partial charge < -0.3 is 10.6 Å². The Morgan fingerprint density at radius 3 is 2.74 bits per heavy atom. The van der Waals surface area contributed by atoms with E-state index in [1.807, 2.05) is 25.1 Å². The van der Waals surface area contributed by atoms with Crippen LogP contribution in [0.3, 0.4) is 0 Å². The zero-order chi connectivity index (χ0) is 13.8. The van der Waals surface area contributed by atoms with Gasteiger partial charge in [0.25, 0.3) is 0 Å². The fourth-order valence-corrected chi connectivity index (χ4v) is 3.03.